The van der Waals surface area contributed by atoms with E-state index in [0.717, 1.165) is 36.9 Å². The molecule has 1 aliphatic carbocycles. The topological polar surface area (TPSA) is 45.5 Å². The van der Waals surface area contributed by atoms with Crippen LogP contribution in [0.2, 0.25) is 0 Å². The number of hydrogen-bond donors (Lipinski definition) is 1. The van der Waals surface area contributed by atoms with Crippen LogP contribution in [-0.2, 0) is 11.3 Å². The molecule has 4 nitrogen and oxygen atoms in total. The van der Waals surface area contributed by atoms with Gasteiger partial charge in [0, 0.05) is 25.4 Å². The van der Waals surface area contributed by atoms with E-state index in [0.29, 0.717) is 18.9 Å². The Kier molecular flexibility index (Phi) is 4.62. The van der Waals surface area contributed by atoms with Gasteiger partial charge in [-0.3, -0.25) is 4.79 Å². The molecule has 25 heavy (non-hydrogen) atoms. The van der Waals surface area contributed by atoms with E-state index in [-0.39, 0.29) is 11.9 Å². The van der Waals surface area contributed by atoms with Gasteiger partial charge in [-0.15, -0.1) is 0 Å². The average molecular weight is 338 g/mol. The highest BCUT2D eigenvalue weighted by Gasteiger charge is 2.36. The molecule has 2 fully saturated rings. The Balaban J connectivity index is 1.42. The van der Waals surface area contributed by atoms with Crippen LogP contribution in [0.25, 0.3) is 0 Å². The molecule has 0 spiro atoms. The molecule has 4 rings (SSSR count). The summed E-state index contributed by atoms with van der Waals surface area (Å²) in [5, 5.41) is 3.60. The summed E-state index contributed by atoms with van der Waals surface area (Å²) < 4.78 is 6.01. The summed E-state index contributed by atoms with van der Waals surface area (Å²) in [6.45, 7) is 4.54. The Morgan fingerprint density at radius 1 is 1.24 bits per heavy atom. The van der Waals surface area contributed by atoms with E-state index < -0.39 is 0 Å². The van der Waals surface area contributed by atoms with E-state index in [9.17, 15) is 4.79 Å². The number of hydrogen-bond acceptors (Lipinski definition) is 3. The van der Waals surface area contributed by atoms with Gasteiger partial charge >= 0.3 is 0 Å². The maximum Gasteiger partial charge on any atom is 0.222 e. The third-order valence-corrected chi connectivity index (χ3v) is 5.46. The van der Waals surface area contributed by atoms with Gasteiger partial charge in [-0.2, -0.15) is 0 Å². The zero-order chi connectivity index (χ0) is 17.2. The van der Waals surface area contributed by atoms with Crippen molar-refractivity contribution in [3.63, 3.8) is 0 Å². The van der Waals surface area contributed by atoms with Crippen LogP contribution in [-0.4, -0.2) is 23.9 Å². The SMILES string of the molecule is CC1CC1c1ccc(CNC(CN2CCCC2=O)c2ccccc2)o1. The monoisotopic (exact) mass is 338 g/mol. The molecule has 1 saturated heterocycles. The second kappa shape index (κ2) is 7.04. The van der Waals surface area contributed by atoms with Crippen molar-refractivity contribution in [2.75, 3.05) is 13.1 Å². The van der Waals surface area contributed by atoms with Gasteiger partial charge in [0.1, 0.15) is 11.5 Å². The molecule has 4 heteroatoms. The number of nitrogens with one attached hydrogen (secondary N) is 1. The second-order valence-electron chi connectivity index (χ2n) is 7.41. The van der Waals surface area contributed by atoms with Crippen LogP contribution in [0.15, 0.2) is 46.9 Å². The van der Waals surface area contributed by atoms with Gasteiger partial charge in [0.25, 0.3) is 0 Å². The summed E-state index contributed by atoms with van der Waals surface area (Å²) in [5.74, 6) is 3.73. The van der Waals surface area contributed by atoms with Crippen molar-refractivity contribution in [3.05, 3.63) is 59.5 Å². The molecule has 1 aromatic heterocycles. The number of nitrogens with zero attached hydrogens (tertiary/aromatic N) is 1. The van der Waals surface area contributed by atoms with Gasteiger partial charge in [0.15, 0.2) is 0 Å². The smallest absolute Gasteiger partial charge is 0.222 e. The molecule has 0 bridgehead atoms. The second-order valence-corrected chi connectivity index (χ2v) is 7.41. The first kappa shape index (κ1) is 16.4. The summed E-state index contributed by atoms with van der Waals surface area (Å²) in [4.78, 5) is 14.0. The van der Waals surface area contributed by atoms with Crippen molar-refractivity contribution in [1.29, 1.82) is 0 Å². The first-order valence-electron chi connectivity index (χ1n) is 9.35. The Morgan fingerprint density at radius 2 is 2.04 bits per heavy atom. The van der Waals surface area contributed by atoms with E-state index >= 15 is 0 Å². The van der Waals surface area contributed by atoms with Gasteiger partial charge in [-0.25, -0.2) is 0 Å². The van der Waals surface area contributed by atoms with Crippen LogP contribution >= 0.6 is 0 Å². The fourth-order valence-electron chi connectivity index (χ4n) is 3.72. The normalized spacial score (nSPS) is 23.9. The first-order valence-corrected chi connectivity index (χ1v) is 9.35. The maximum absolute atomic E-state index is 12.0. The summed E-state index contributed by atoms with van der Waals surface area (Å²) in [6, 6.07) is 14.7. The zero-order valence-electron chi connectivity index (χ0n) is 14.8. The number of rotatable bonds is 7. The minimum Gasteiger partial charge on any atom is -0.464 e. The molecule has 3 atom stereocenters. The molecule has 2 aromatic rings. The summed E-state index contributed by atoms with van der Waals surface area (Å²) in [7, 11) is 0. The van der Waals surface area contributed by atoms with Crippen molar-refractivity contribution in [3.8, 4) is 0 Å². The molecule has 1 amide bonds. The van der Waals surface area contributed by atoms with Crippen LogP contribution in [0.3, 0.4) is 0 Å². The third kappa shape index (κ3) is 3.79. The van der Waals surface area contributed by atoms with E-state index in [1.807, 2.05) is 11.0 Å². The van der Waals surface area contributed by atoms with Crippen molar-refractivity contribution in [1.82, 2.24) is 10.2 Å². The number of amides is 1. The van der Waals surface area contributed by atoms with Crippen molar-refractivity contribution < 1.29 is 9.21 Å². The lowest BCUT2D eigenvalue weighted by Crippen LogP contribution is -2.35. The van der Waals surface area contributed by atoms with Crippen LogP contribution in [0, 0.1) is 5.92 Å². The van der Waals surface area contributed by atoms with Gasteiger partial charge in [0.2, 0.25) is 5.91 Å². The molecular formula is C21H26N2O2. The van der Waals surface area contributed by atoms with E-state index in [2.05, 4.69) is 48.6 Å². The lowest BCUT2D eigenvalue weighted by Gasteiger charge is -2.25. The quantitative estimate of drug-likeness (QED) is 0.834. The highest BCUT2D eigenvalue weighted by atomic mass is 16.3. The van der Waals surface area contributed by atoms with Crippen molar-refractivity contribution >= 4 is 5.91 Å². The summed E-state index contributed by atoms with van der Waals surface area (Å²) >= 11 is 0. The number of furan rings is 1. The summed E-state index contributed by atoms with van der Waals surface area (Å²) in [5.41, 5.74) is 1.21. The minimum absolute atomic E-state index is 0.122. The lowest BCUT2D eigenvalue weighted by atomic mass is 10.1. The standard InChI is InChI=1S/C21H26N2O2/c1-15-12-18(15)20-10-9-17(25-20)13-22-19(16-6-3-2-4-7-16)14-23-11-5-8-21(23)24/h2-4,6-7,9-10,15,18-19,22H,5,8,11-14H2,1H3. The molecule has 2 aliphatic rings. The van der Waals surface area contributed by atoms with E-state index in [4.69, 9.17) is 4.42 Å². The van der Waals surface area contributed by atoms with Crippen molar-refractivity contribution in [2.24, 2.45) is 5.92 Å². The number of carbonyl (C=O) groups excluding carboxylic acids is 1. The molecule has 0 radical (unpaired) electrons. The van der Waals surface area contributed by atoms with Crippen LogP contribution in [0.1, 0.15) is 55.2 Å². The molecule has 1 saturated carbocycles. The maximum atomic E-state index is 12.0. The lowest BCUT2D eigenvalue weighted by molar-refractivity contribution is -0.128. The highest BCUT2D eigenvalue weighted by molar-refractivity contribution is 5.78. The molecule has 1 N–H and O–H groups in total. The van der Waals surface area contributed by atoms with E-state index in [1.54, 1.807) is 0 Å². The minimum atomic E-state index is 0.122. The Hall–Kier alpha value is -2.07. The largest absolute Gasteiger partial charge is 0.464 e. The first-order chi connectivity index (χ1) is 12.2. The average Bonchev–Trinajstić information content (AvgIpc) is 3.00. The number of benzene rings is 1. The van der Waals surface area contributed by atoms with Gasteiger partial charge in [0.05, 0.1) is 12.6 Å². The highest BCUT2D eigenvalue weighted by Crippen LogP contribution is 2.47. The van der Waals surface area contributed by atoms with Gasteiger partial charge in [-0.1, -0.05) is 37.3 Å². The van der Waals surface area contributed by atoms with Crippen LogP contribution in [0.5, 0.6) is 0 Å². The number of carbonyl (C=O) groups is 1. The van der Waals surface area contributed by atoms with Crippen LogP contribution < -0.4 is 5.32 Å². The molecule has 1 aliphatic heterocycles. The zero-order valence-corrected chi connectivity index (χ0v) is 14.8. The van der Waals surface area contributed by atoms with Gasteiger partial charge in [-0.05, 0) is 36.5 Å². The molecule has 2 heterocycles. The molecule has 132 valence electrons. The predicted molar refractivity (Wildman–Crippen MR) is 97.1 cm³/mol. The molecule has 1 aromatic carbocycles. The fraction of sp³-hybridized carbons (Fsp3) is 0.476. The van der Waals surface area contributed by atoms with E-state index in [1.165, 1.54) is 12.0 Å². The Labute approximate surface area is 149 Å². The fourth-order valence-corrected chi connectivity index (χ4v) is 3.72. The van der Waals surface area contributed by atoms with Crippen LogP contribution in [0.4, 0.5) is 0 Å². The Morgan fingerprint density at radius 3 is 2.72 bits per heavy atom. The predicted octanol–water partition coefficient (Wildman–Crippen LogP) is 3.86. The summed E-state index contributed by atoms with van der Waals surface area (Å²) in [6.07, 6.45) is 2.90. The number of likely N-dealkylation sites (tertiary alicyclic amines) is 1. The third-order valence-electron chi connectivity index (χ3n) is 5.46. The molecule has 3 unspecified atom stereocenters. The van der Waals surface area contributed by atoms with Crippen molar-refractivity contribution in [2.45, 2.75) is 44.7 Å². The Bertz CT molecular complexity index is 725. The van der Waals surface area contributed by atoms with Gasteiger partial charge < -0.3 is 14.6 Å². The molecular weight excluding hydrogens is 312 g/mol.